The van der Waals surface area contributed by atoms with Crippen molar-refractivity contribution in [3.8, 4) is 17.2 Å². The van der Waals surface area contributed by atoms with E-state index in [1.165, 1.54) is 0 Å². The van der Waals surface area contributed by atoms with Crippen LogP contribution in [0, 0.1) is 0 Å². The van der Waals surface area contributed by atoms with E-state index in [9.17, 15) is 0 Å². The Bertz CT molecular complexity index is 532. The molecule has 136 valence electrons. The lowest BCUT2D eigenvalue weighted by Crippen LogP contribution is -2.42. The number of ether oxygens (including phenoxy) is 3. The molecule has 0 fully saturated rings. The van der Waals surface area contributed by atoms with Gasteiger partial charge in [0.15, 0.2) is 17.5 Å². The van der Waals surface area contributed by atoms with E-state index in [4.69, 9.17) is 14.2 Å². The molecular weight excluding hydrogens is 306 g/mol. The van der Waals surface area contributed by atoms with E-state index in [-0.39, 0.29) is 0 Å². The molecule has 0 bridgehead atoms. The van der Waals surface area contributed by atoms with Gasteiger partial charge in [0.05, 0.1) is 21.3 Å². The molecule has 0 spiro atoms. The summed E-state index contributed by atoms with van der Waals surface area (Å²) >= 11 is 0. The van der Waals surface area contributed by atoms with Crippen LogP contribution in [0.25, 0.3) is 0 Å². The van der Waals surface area contributed by atoms with Crippen LogP contribution >= 0.6 is 0 Å². The fraction of sp³-hybridized carbons (Fsp3) is 0.611. The summed E-state index contributed by atoms with van der Waals surface area (Å²) in [7, 11) is 4.87. The van der Waals surface area contributed by atoms with Crippen molar-refractivity contribution < 1.29 is 14.2 Å². The van der Waals surface area contributed by atoms with Crippen molar-refractivity contribution in [1.29, 1.82) is 0 Å². The first-order valence-corrected chi connectivity index (χ1v) is 8.43. The maximum Gasteiger partial charge on any atom is 0.203 e. The van der Waals surface area contributed by atoms with Crippen LogP contribution in [0.15, 0.2) is 17.1 Å². The number of nitrogens with zero attached hydrogens (tertiary/aromatic N) is 1. The molecule has 0 radical (unpaired) electrons. The van der Waals surface area contributed by atoms with Gasteiger partial charge in [-0.25, -0.2) is 0 Å². The fourth-order valence-electron chi connectivity index (χ4n) is 2.30. The Kier molecular flexibility index (Phi) is 8.83. The van der Waals surface area contributed by atoms with Gasteiger partial charge < -0.3 is 24.8 Å². The summed E-state index contributed by atoms with van der Waals surface area (Å²) in [5.41, 5.74) is 1.04. The first-order valence-electron chi connectivity index (χ1n) is 8.43. The number of aliphatic imine (C=N–C) groups is 1. The van der Waals surface area contributed by atoms with Crippen LogP contribution in [0.1, 0.15) is 32.8 Å². The van der Waals surface area contributed by atoms with Crippen molar-refractivity contribution in [3.05, 3.63) is 17.7 Å². The Hall–Kier alpha value is -2.11. The number of hydrogen-bond acceptors (Lipinski definition) is 4. The largest absolute Gasteiger partial charge is 0.493 e. The lowest BCUT2D eigenvalue weighted by Gasteiger charge is -2.17. The minimum Gasteiger partial charge on any atom is -0.493 e. The van der Waals surface area contributed by atoms with Crippen LogP contribution in [-0.2, 0) is 6.42 Å². The van der Waals surface area contributed by atoms with Crippen LogP contribution in [-0.4, -0.2) is 46.4 Å². The first-order chi connectivity index (χ1) is 11.6. The molecule has 0 amide bonds. The zero-order valence-corrected chi connectivity index (χ0v) is 15.7. The molecule has 2 N–H and O–H groups in total. The molecule has 1 aromatic rings. The minimum absolute atomic E-state index is 0.387. The second-order valence-electron chi connectivity index (χ2n) is 5.46. The van der Waals surface area contributed by atoms with Gasteiger partial charge in [0, 0.05) is 24.7 Å². The molecule has 0 aromatic heterocycles. The predicted octanol–water partition coefficient (Wildman–Crippen LogP) is 2.61. The standard InChI is InChI=1S/C18H31N3O3/c1-7-13(3)21-18(19-8-2)20-12-11-14-9-10-15(22-4)17(24-6)16(14)23-5/h9-10,13H,7-8,11-12H2,1-6H3,(H2,19,20,21). The van der Waals surface area contributed by atoms with Crippen LogP contribution in [0.5, 0.6) is 17.2 Å². The van der Waals surface area contributed by atoms with Crippen LogP contribution in [0.4, 0.5) is 0 Å². The highest BCUT2D eigenvalue weighted by Gasteiger charge is 2.15. The van der Waals surface area contributed by atoms with E-state index in [1.807, 2.05) is 12.1 Å². The van der Waals surface area contributed by atoms with E-state index in [0.717, 1.165) is 30.9 Å². The quantitative estimate of drug-likeness (QED) is 0.536. The van der Waals surface area contributed by atoms with Gasteiger partial charge in [-0.15, -0.1) is 0 Å². The van der Waals surface area contributed by atoms with Crippen molar-refractivity contribution in [2.45, 2.75) is 39.7 Å². The number of hydrogen-bond donors (Lipinski definition) is 2. The van der Waals surface area contributed by atoms with Gasteiger partial charge in [-0.05, 0) is 32.8 Å². The lowest BCUT2D eigenvalue weighted by atomic mass is 10.1. The number of guanidine groups is 1. The van der Waals surface area contributed by atoms with Crippen LogP contribution in [0.2, 0.25) is 0 Å². The van der Waals surface area contributed by atoms with Crippen LogP contribution in [0.3, 0.4) is 0 Å². The molecule has 0 aliphatic rings. The maximum atomic E-state index is 5.51. The molecule has 0 saturated carbocycles. The molecule has 1 rings (SSSR count). The number of methoxy groups -OCH3 is 3. The highest BCUT2D eigenvalue weighted by Crippen LogP contribution is 2.39. The van der Waals surface area contributed by atoms with Crippen molar-refractivity contribution in [2.75, 3.05) is 34.4 Å². The predicted molar refractivity (Wildman–Crippen MR) is 98.7 cm³/mol. The maximum absolute atomic E-state index is 5.51. The summed E-state index contributed by atoms with van der Waals surface area (Å²) in [5.74, 6) is 2.82. The van der Waals surface area contributed by atoms with Crippen molar-refractivity contribution in [1.82, 2.24) is 10.6 Å². The molecule has 0 heterocycles. The third-order valence-electron chi connectivity index (χ3n) is 3.78. The highest BCUT2D eigenvalue weighted by atomic mass is 16.5. The van der Waals surface area contributed by atoms with E-state index >= 15 is 0 Å². The Morgan fingerprint density at radius 1 is 1.08 bits per heavy atom. The van der Waals surface area contributed by atoms with Crippen molar-refractivity contribution in [2.24, 2.45) is 4.99 Å². The number of nitrogens with one attached hydrogen (secondary N) is 2. The summed E-state index contributed by atoms with van der Waals surface area (Å²) in [4.78, 5) is 4.64. The topological polar surface area (TPSA) is 64.1 Å². The van der Waals surface area contributed by atoms with Gasteiger partial charge in [0.2, 0.25) is 5.75 Å². The summed E-state index contributed by atoms with van der Waals surface area (Å²) in [6.07, 6.45) is 1.80. The summed E-state index contributed by atoms with van der Waals surface area (Å²) < 4.78 is 16.2. The lowest BCUT2D eigenvalue weighted by molar-refractivity contribution is 0.322. The molecule has 0 aliphatic carbocycles. The highest BCUT2D eigenvalue weighted by molar-refractivity contribution is 5.80. The van der Waals surface area contributed by atoms with Gasteiger partial charge in [-0.1, -0.05) is 13.0 Å². The molecule has 1 aromatic carbocycles. The average molecular weight is 337 g/mol. The van der Waals surface area contributed by atoms with Crippen molar-refractivity contribution >= 4 is 5.96 Å². The monoisotopic (exact) mass is 337 g/mol. The second-order valence-corrected chi connectivity index (χ2v) is 5.46. The van der Waals surface area contributed by atoms with Gasteiger partial charge in [0.25, 0.3) is 0 Å². The zero-order chi connectivity index (χ0) is 17.9. The zero-order valence-electron chi connectivity index (χ0n) is 15.7. The van der Waals surface area contributed by atoms with E-state index < -0.39 is 0 Å². The van der Waals surface area contributed by atoms with Gasteiger partial charge in [0.1, 0.15) is 0 Å². The fourth-order valence-corrected chi connectivity index (χ4v) is 2.30. The summed E-state index contributed by atoms with van der Waals surface area (Å²) in [5, 5.41) is 6.65. The second kappa shape index (κ2) is 10.6. The number of rotatable bonds is 9. The molecule has 0 saturated heterocycles. The minimum atomic E-state index is 0.387. The third-order valence-corrected chi connectivity index (χ3v) is 3.78. The van der Waals surface area contributed by atoms with E-state index in [0.29, 0.717) is 29.8 Å². The summed E-state index contributed by atoms with van der Waals surface area (Å²) in [6.45, 7) is 7.84. The van der Waals surface area contributed by atoms with E-state index in [2.05, 4.69) is 36.4 Å². The Morgan fingerprint density at radius 3 is 2.33 bits per heavy atom. The molecule has 24 heavy (non-hydrogen) atoms. The SMILES string of the molecule is CCNC(=NCCc1ccc(OC)c(OC)c1OC)NC(C)CC. The molecule has 1 atom stereocenters. The van der Waals surface area contributed by atoms with Gasteiger partial charge in [-0.2, -0.15) is 0 Å². The van der Waals surface area contributed by atoms with Gasteiger partial charge in [-0.3, -0.25) is 4.99 Å². The molecule has 6 nitrogen and oxygen atoms in total. The molecule has 6 heteroatoms. The Morgan fingerprint density at radius 2 is 1.79 bits per heavy atom. The Balaban J connectivity index is 2.86. The van der Waals surface area contributed by atoms with E-state index in [1.54, 1.807) is 21.3 Å². The smallest absolute Gasteiger partial charge is 0.203 e. The molecular formula is C18H31N3O3. The summed E-state index contributed by atoms with van der Waals surface area (Å²) in [6, 6.07) is 4.27. The first kappa shape index (κ1) is 19.9. The van der Waals surface area contributed by atoms with Crippen molar-refractivity contribution in [3.63, 3.8) is 0 Å². The number of benzene rings is 1. The van der Waals surface area contributed by atoms with Crippen LogP contribution < -0.4 is 24.8 Å². The molecule has 1 unspecified atom stereocenters. The molecule has 0 aliphatic heterocycles. The average Bonchev–Trinajstić information content (AvgIpc) is 2.60. The van der Waals surface area contributed by atoms with Gasteiger partial charge >= 0.3 is 0 Å². The third kappa shape index (κ3) is 5.51. The Labute approximate surface area is 145 Å². The normalized spacial score (nSPS) is 12.5.